The fourth-order valence-corrected chi connectivity index (χ4v) is 0.941. The van der Waals surface area contributed by atoms with Crippen LogP contribution in [0.4, 0.5) is 11.4 Å². The van der Waals surface area contributed by atoms with E-state index in [2.05, 4.69) is 5.18 Å². The number of nitrogens with two attached hydrogens (primary N) is 1. The van der Waals surface area contributed by atoms with Gasteiger partial charge in [0.05, 0.1) is 5.69 Å². The summed E-state index contributed by atoms with van der Waals surface area (Å²) in [7, 11) is 5.46. The minimum absolute atomic E-state index is 0.135. The Kier molecular flexibility index (Phi) is 1.94. The van der Waals surface area contributed by atoms with E-state index in [1.807, 2.05) is 6.92 Å². The van der Waals surface area contributed by atoms with Gasteiger partial charge >= 0.3 is 0 Å². The Bertz CT molecular complexity index is 275. The highest BCUT2D eigenvalue weighted by Gasteiger charge is 2.02. The van der Waals surface area contributed by atoms with Crippen molar-refractivity contribution in [1.82, 2.24) is 0 Å². The van der Waals surface area contributed by atoms with Gasteiger partial charge in [0.15, 0.2) is 0 Å². The maximum Gasteiger partial charge on any atom is 0.123 e. The van der Waals surface area contributed by atoms with Gasteiger partial charge in [-0.15, -0.1) is 4.91 Å². The molecule has 0 aliphatic carbocycles. The molecule has 2 N–H and O–H groups in total. The van der Waals surface area contributed by atoms with Crippen LogP contribution in [0.5, 0.6) is 0 Å². The number of hydrogen-bond acceptors (Lipinski definition) is 3. The van der Waals surface area contributed by atoms with Gasteiger partial charge in [-0.25, -0.2) is 0 Å². The molecule has 2 radical (unpaired) electrons. The molecule has 4 heteroatoms. The summed E-state index contributed by atoms with van der Waals surface area (Å²) >= 11 is 0. The number of nitrogen functional groups attached to an aromatic ring is 1. The number of nitrogens with zero attached hydrogens (tertiary/aromatic N) is 1. The van der Waals surface area contributed by atoms with Gasteiger partial charge in [-0.05, 0) is 23.7 Å². The molecule has 0 aromatic heterocycles. The fourth-order valence-electron chi connectivity index (χ4n) is 0.941. The van der Waals surface area contributed by atoms with E-state index >= 15 is 0 Å². The second-order valence-electron chi connectivity index (χ2n) is 2.38. The SMILES string of the molecule is [B]c1cc(C)cc(N)c1N=O. The largest absolute Gasteiger partial charge is 0.397 e. The van der Waals surface area contributed by atoms with Crippen molar-refractivity contribution in [3.63, 3.8) is 0 Å². The number of benzene rings is 1. The normalized spacial score (nSPS) is 9.55. The number of aryl methyl sites for hydroxylation is 1. The van der Waals surface area contributed by atoms with E-state index in [0.29, 0.717) is 11.2 Å². The van der Waals surface area contributed by atoms with E-state index < -0.39 is 0 Å². The predicted octanol–water partition coefficient (Wildman–Crippen LogP) is 0.769. The molecule has 0 unspecified atom stereocenters. The van der Waals surface area contributed by atoms with Crippen molar-refractivity contribution in [2.24, 2.45) is 5.18 Å². The van der Waals surface area contributed by atoms with Crippen LogP contribution in [0.15, 0.2) is 17.3 Å². The molecule has 0 aliphatic rings. The maximum absolute atomic E-state index is 10.1. The third-order valence-corrected chi connectivity index (χ3v) is 1.40. The van der Waals surface area contributed by atoms with Gasteiger partial charge in [0.25, 0.3) is 0 Å². The zero-order chi connectivity index (χ0) is 8.43. The summed E-state index contributed by atoms with van der Waals surface area (Å²) in [4.78, 5) is 10.1. The summed E-state index contributed by atoms with van der Waals surface area (Å²) in [5.41, 5.74) is 7.18. The van der Waals surface area contributed by atoms with E-state index in [1.54, 1.807) is 12.1 Å². The van der Waals surface area contributed by atoms with Crippen molar-refractivity contribution in [2.75, 3.05) is 5.73 Å². The number of anilines is 1. The van der Waals surface area contributed by atoms with Gasteiger partial charge in [-0.2, -0.15) is 0 Å². The molecule has 0 fully saturated rings. The van der Waals surface area contributed by atoms with Crippen molar-refractivity contribution < 1.29 is 0 Å². The van der Waals surface area contributed by atoms with Gasteiger partial charge < -0.3 is 5.73 Å². The molecule has 0 saturated carbocycles. The third kappa shape index (κ3) is 1.39. The maximum atomic E-state index is 10.1. The zero-order valence-electron chi connectivity index (χ0n) is 6.16. The average molecular weight is 146 g/mol. The van der Waals surface area contributed by atoms with E-state index in [9.17, 15) is 4.91 Å². The van der Waals surface area contributed by atoms with Crippen LogP contribution >= 0.6 is 0 Å². The molecule has 11 heavy (non-hydrogen) atoms. The van der Waals surface area contributed by atoms with Crippen molar-refractivity contribution in [3.05, 3.63) is 22.6 Å². The monoisotopic (exact) mass is 146 g/mol. The third-order valence-electron chi connectivity index (χ3n) is 1.40. The topological polar surface area (TPSA) is 55.4 Å². The minimum Gasteiger partial charge on any atom is -0.397 e. The molecule has 0 saturated heterocycles. The van der Waals surface area contributed by atoms with Gasteiger partial charge in [-0.1, -0.05) is 11.5 Å². The molecule has 3 nitrogen and oxygen atoms in total. The molecular formula is C7H7BN2O. The molecule has 0 spiro atoms. The number of rotatable bonds is 1. The summed E-state index contributed by atoms with van der Waals surface area (Å²) in [5.74, 6) is 0. The molecule has 0 bridgehead atoms. The first-order valence-electron chi connectivity index (χ1n) is 3.14. The summed E-state index contributed by atoms with van der Waals surface area (Å²) in [6, 6.07) is 3.32. The van der Waals surface area contributed by atoms with Crippen LogP contribution in [0.3, 0.4) is 0 Å². The molecule has 1 aromatic rings. The highest BCUT2D eigenvalue weighted by molar-refractivity contribution is 6.36. The van der Waals surface area contributed by atoms with Gasteiger partial charge in [0, 0.05) is 0 Å². The number of nitroso groups, excluding NO2 is 1. The zero-order valence-corrected chi connectivity index (χ0v) is 6.16. The smallest absolute Gasteiger partial charge is 0.123 e. The molecule has 1 aromatic carbocycles. The Hall–Kier alpha value is -1.32. The van der Waals surface area contributed by atoms with Crippen LogP contribution in [0.2, 0.25) is 0 Å². The van der Waals surface area contributed by atoms with Gasteiger partial charge in [0.1, 0.15) is 13.5 Å². The lowest BCUT2D eigenvalue weighted by Gasteiger charge is -2.02. The molecule has 0 heterocycles. The van der Waals surface area contributed by atoms with Crippen LogP contribution in [0, 0.1) is 11.8 Å². The standard InChI is InChI=1S/C7H7BN2O/c1-4-2-5(8)7(10-11)6(9)3-4/h2-3H,9H2,1H3. The van der Waals surface area contributed by atoms with E-state index in [0.717, 1.165) is 5.56 Å². The minimum atomic E-state index is 0.135. The molecule has 54 valence electrons. The first kappa shape index (κ1) is 7.79. The number of hydrogen-bond donors (Lipinski definition) is 1. The second-order valence-corrected chi connectivity index (χ2v) is 2.38. The quantitative estimate of drug-likeness (QED) is 0.361. The van der Waals surface area contributed by atoms with Gasteiger partial charge in [0.2, 0.25) is 0 Å². The average Bonchev–Trinajstić information content (AvgIpc) is 1.85. The second kappa shape index (κ2) is 2.74. The van der Waals surface area contributed by atoms with Gasteiger partial charge in [-0.3, -0.25) is 0 Å². The Balaban J connectivity index is 3.36. The van der Waals surface area contributed by atoms with Crippen LogP contribution in [-0.4, -0.2) is 7.85 Å². The summed E-state index contributed by atoms with van der Waals surface area (Å²) in [6.45, 7) is 1.85. The summed E-state index contributed by atoms with van der Waals surface area (Å²) < 4.78 is 0. The Labute approximate surface area is 66.0 Å². The van der Waals surface area contributed by atoms with Crippen LogP contribution in [-0.2, 0) is 0 Å². The lowest BCUT2D eigenvalue weighted by Crippen LogP contribution is -2.05. The van der Waals surface area contributed by atoms with E-state index in [1.165, 1.54) is 0 Å². The van der Waals surface area contributed by atoms with Crippen molar-refractivity contribution in [1.29, 1.82) is 0 Å². The van der Waals surface area contributed by atoms with Crippen LogP contribution < -0.4 is 11.2 Å². The van der Waals surface area contributed by atoms with E-state index in [4.69, 9.17) is 13.6 Å². The lowest BCUT2D eigenvalue weighted by atomic mass is 9.92. The molecule has 0 atom stereocenters. The fraction of sp³-hybridized carbons (Fsp3) is 0.143. The van der Waals surface area contributed by atoms with Crippen LogP contribution in [0.25, 0.3) is 0 Å². The molecule has 0 aliphatic heterocycles. The molecular weight excluding hydrogens is 139 g/mol. The Morgan fingerprint density at radius 1 is 1.55 bits per heavy atom. The predicted molar refractivity (Wildman–Crippen MR) is 46.4 cm³/mol. The lowest BCUT2D eigenvalue weighted by molar-refractivity contribution is 1.45. The summed E-state index contributed by atoms with van der Waals surface area (Å²) in [5, 5.41) is 2.71. The van der Waals surface area contributed by atoms with Crippen molar-refractivity contribution >= 4 is 24.7 Å². The Morgan fingerprint density at radius 3 is 2.64 bits per heavy atom. The van der Waals surface area contributed by atoms with Crippen molar-refractivity contribution in [2.45, 2.75) is 6.92 Å². The highest BCUT2D eigenvalue weighted by atomic mass is 16.3. The van der Waals surface area contributed by atoms with E-state index in [-0.39, 0.29) is 5.69 Å². The first-order valence-corrected chi connectivity index (χ1v) is 3.14. The van der Waals surface area contributed by atoms with Crippen molar-refractivity contribution in [3.8, 4) is 0 Å². The highest BCUT2D eigenvalue weighted by Crippen LogP contribution is 2.18. The summed E-state index contributed by atoms with van der Waals surface area (Å²) in [6.07, 6.45) is 0. The molecule has 1 rings (SSSR count). The van der Waals surface area contributed by atoms with Crippen LogP contribution in [0.1, 0.15) is 5.56 Å². The molecule has 0 amide bonds. The first-order chi connectivity index (χ1) is 5.15. The Morgan fingerprint density at radius 2 is 2.18 bits per heavy atom.